The van der Waals surface area contributed by atoms with Crippen LogP contribution < -0.4 is 0 Å². The van der Waals surface area contributed by atoms with E-state index in [1.165, 1.54) is 32.2 Å². The average molecular weight is 367 g/mol. The van der Waals surface area contributed by atoms with Crippen LogP contribution in [0.2, 0.25) is 0 Å². The zero-order valence-electron chi connectivity index (χ0n) is 10.4. The van der Waals surface area contributed by atoms with Gasteiger partial charge < -0.3 is 9.69 Å². The number of alkyl halides is 2. The highest BCUT2D eigenvalue weighted by Gasteiger charge is 2.64. The number of unbranched alkanes of at least 4 members (excludes halogenated alkanes) is 1. The Morgan fingerprint density at radius 1 is 1.47 bits per heavy atom. The van der Waals surface area contributed by atoms with Crippen molar-refractivity contribution in [3.8, 4) is 0 Å². The number of halogens is 2. The Labute approximate surface area is 121 Å². The second-order valence-electron chi connectivity index (χ2n) is 5.70. The summed E-state index contributed by atoms with van der Waals surface area (Å²) in [6.45, 7) is 1.24. The molecule has 2 fully saturated rings. The zero-order chi connectivity index (χ0) is 12.5. The van der Waals surface area contributed by atoms with Gasteiger partial charge in [-0.2, -0.15) is 0 Å². The standard InChI is InChI=1S/C13H21Br2NO/c1-16-7-4-5-11(16)9-12(6-2-3-8-17)10-13(12,14)15/h8,11H,2-7,9-10H2,1H3/t11-,12?/m1/s1. The van der Waals surface area contributed by atoms with E-state index in [-0.39, 0.29) is 3.23 Å². The molecule has 1 aliphatic carbocycles. The molecule has 1 heterocycles. The first-order chi connectivity index (χ1) is 8.01. The van der Waals surface area contributed by atoms with Gasteiger partial charge in [0.25, 0.3) is 0 Å². The molecular formula is C13H21Br2NO. The number of likely N-dealkylation sites (tertiary alicyclic amines) is 1. The van der Waals surface area contributed by atoms with Crippen LogP contribution in [-0.4, -0.2) is 34.1 Å². The molecule has 98 valence electrons. The van der Waals surface area contributed by atoms with E-state index in [4.69, 9.17) is 0 Å². The third-order valence-corrected chi connectivity index (χ3v) is 6.73. The molecule has 0 bridgehead atoms. The summed E-state index contributed by atoms with van der Waals surface area (Å²) in [5.41, 5.74) is 0.374. The van der Waals surface area contributed by atoms with Gasteiger partial charge in [-0.05, 0) is 57.5 Å². The van der Waals surface area contributed by atoms with E-state index in [1.807, 2.05) is 0 Å². The molecule has 1 aliphatic heterocycles. The van der Waals surface area contributed by atoms with Crippen molar-refractivity contribution in [1.29, 1.82) is 0 Å². The molecule has 0 radical (unpaired) electrons. The van der Waals surface area contributed by atoms with Crippen molar-refractivity contribution in [2.45, 2.75) is 54.2 Å². The number of rotatable bonds is 6. The molecule has 0 aromatic rings. The van der Waals surface area contributed by atoms with E-state index in [0.29, 0.717) is 11.8 Å². The van der Waals surface area contributed by atoms with E-state index in [0.717, 1.165) is 25.2 Å². The van der Waals surface area contributed by atoms with Gasteiger partial charge in [0.05, 0.1) is 3.23 Å². The summed E-state index contributed by atoms with van der Waals surface area (Å²) < 4.78 is 0.138. The zero-order valence-corrected chi connectivity index (χ0v) is 13.6. The van der Waals surface area contributed by atoms with Crippen LogP contribution in [0, 0.1) is 5.41 Å². The maximum absolute atomic E-state index is 10.4. The number of carbonyl (C=O) groups excluding carboxylic acids is 1. The summed E-state index contributed by atoms with van der Waals surface area (Å²) in [6, 6.07) is 0.739. The van der Waals surface area contributed by atoms with E-state index in [9.17, 15) is 4.79 Å². The predicted octanol–water partition coefficient (Wildman–Crippen LogP) is 3.72. The van der Waals surface area contributed by atoms with Crippen molar-refractivity contribution >= 4 is 38.1 Å². The van der Waals surface area contributed by atoms with Gasteiger partial charge >= 0.3 is 0 Å². The molecule has 2 nitrogen and oxygen atoms in total. The highest BCUT2D eigenvalue weighted by atomic mass is 79.9. The first-order valence-electron chi connectivity index (χ1n) is 6.52. The monoisotopic (exact) mass is 365 g/mol. The van der Waals surface area contributed by atoms with Gasteiger partial charge in [0.2, 0.25) is 0 Å². The van der Waals surface area contributed by atoms with Crippen LogP contribution in [0.25, 0.3) is 0 Å². The molecule has 0 aromatic heterocycles. The van der Waals surface area contributed by atoms with Crippen molar-refractivity contribution < 1.29 is 4.79 Å². The average Bonchev–Trinajstić information content (AvgIpc) is 2.57. The molecule has 0 amide bonds. The third kappa shape index (κ3) is 2.95. The number of hydrogen-bond acceptors (Lipinski definition) is 2. The summed E-state index contributed by atoms with van der Waals surface area (Å²) in [5, 5.41) is 0. The number of hydrogen-bond donors (Lipinski definition) is 0. The maximum Gasteiger partial charge on any atom is 0.119 e. The summed E-state index contributed by atoms with van der Waals surface area (Å²) in [7, 11) is 2.24. The van der Waals surface area contributed by atoms with Gasteiger partial charge in [0.1, 0.15) is 6.29 Å². The Kier molecular flexibility index (Phi) is 4.37. The number of nitrogens with zero attached hydrogens (tertiary/aromatic N) is 1. The molecule has 2 atom stereocenters. The van der Waals surface area contributed by atoms with Crippen LogP contribution in [-0.2, 0) is 4.79 Å². The van der Waals surface area contributed by atoms with Crippen molar-refractivity contribution in [3.05, 3.63) is 0 Å². The molecule has 1 saturated carbocycles. The minimum absolute atomic E-state index is 0.138. The Hall–Kier alpha value is 0.590. The maximum atomic E-state index is 10.4. The fourth-order valence-corrected chi connectivity index (χ4v) is 4.98. The molecule has 0 N–H and O–H groups in total. The van der Waals surface area contributed by atoms with Crippen molar-refractivity contribution in [3.63, 3.8) is 0 Å². The van der Waals surface area contributed by atoms with E-state index in [2.05, 4.69) is 43.8 Å². The second-order valence-corrected chi connectivity index (χ2v) is 9.47. The van der Waals surface area contributed by atoms with Crippen LogP contribution in [0.3, 0.4) is 0 Å². The molecule has 2 rings (SSSR count). The molecule has 4 heteroatoms. The van der Waals surface area contributed by atoms with E-state index < -0.39 is 0 Å². The van der Waals surface area contributed by atoms with Gasteiger partial charge in [0, 0.05) is 12.5 Å². The van der Waals surface area contributed by atoms with Gasteiger partial charge in [0.15, 0.2) is 0 Å². The van der Waals surface area contributed by atoms with Crippen LogP contribution in [0.1, 0.15) is 44.9 Å². The molecule has 1 saturated heterocycles. The van der Waals surface area contributed by atoms with Gasteiger partial charge in [-0.1, -0.05) is 31.9 Å². The number of aldehydes is 1. The highest BCUT2D eigenvalue weighted by molar-refractivity contribution is 9.25. The summed E-state index contributed by atoms with van der Waals surface area (Å²) in [4.78, 5) is 12.9. The van der Waals surface area contributed by atoms with Gasteiger partial charge in [-0.25, -0.2) is 0 Å². The lowest BCUT2D eigenvalue weighted by Crippen LogP contribution is -2.29. The SMILES string of the molecule is CN1CCC[C@@H]1CC1(CCCC=O)CC1(Br)Br. The van der Waals surface area contributed by atoms with Crippen LogP contribution in [0.4, 0.5) is 0 Å². The Morgan fingerprint density at radius 2 is 2.18 bits per heavy atom. The lowest BCUT2D eigenvalue weighted by molar-refractivity contribution is -0.108. The minimum atomic E-state index is 0.138. The fourth-order valence-electron chi connectivity index (χ4n) is 3.19. The molecule has 1 unspecified atom stereocenters. The molecule has 17 heavy (non-hydrogen) atoms. The lowest BCUT2D eigenvalue weighted by atomic mass is 9.90. The molecule has 0 aromatic carbocycles. The lowest BCUT2D eigenvalue weighted by Gasteiger charge is -2.26. The Morgan fingerprint density at radius 3 is 2.65 bits per heavy atom. The molecular weight excluding hydrogens is 346 g/mol. The minimum Gasteiger partial charge on any atom is -0.303 e. The first-order valence-corrected chi connectivity index (χ1v) is 8.11. The highest BCUT2D eigenvalue weighted by Crippen LogP contribution is 2.71. The third-order valence-electron chi connectivity index (χ3n) is 4.49. The smallest absolute Gasteiger partial charge is 0.119 e. The number of carbonyl (C=O) groups is 1. The van der Waals surface area contributed by atoms with Crippen molar-refractivity contribution in [1.82, 2.24) is 4.90 Å². The fraction of sp³-hybridized carbons (Fsp3) is 0.923. The van der Waals surface area contributed by atoms with Gasteiger partial charge in [-0.15, -0.1) is 0 Å². The van der Waals surface area contributed by atoms with Crippen molar-refractivity contribution in [2.75, 3.05) is 13.6 Å². The Balaban J connectivity index is 1.91. The molecule has 2 aliphatic rings. The van der Waals surface area contributed by atoms with Crippen molar-refractivity contribution in [2.24, 2.45) is 5.41 Å². The first kappa shape index (κ1) is 14.0. The van der Waals surface area contributed by atoms with E-state index in [1.54, 1.807) is 0 Å². The van der Waals surface area contributed by atoms with Crippen LogP contribution in [0.5, 0.6) is 0 Å². The van der Waals surface area contributed by atoms with Crippen LogP contribution >= 0.6 is 31.9 Å². The topological polar surface area (TPSA) is 20.3 Å². The summed E-state index contributed by atoms with van der Waals surface area (Å²) in [5.74, 6) is 0. The van der Waals surface area contributed by atoms with Crippen LogP contribution in [0.15, 0.2) is 0 Å². The largest absolute Gasteiger partial charge is 0.303 e. The van der Waals surface area contributed by atoms with Gasteiger partial charge in [-0.3, -0.25) is 0 Å². The summed E-state index contributed by atoms with van der Waals surface area (Å²) in [6.07, 6.45) is 9.07. The summed E-state index contributed by atoms with van der Waals surface area (Å²) >= 11 is 7.60. The Bertz CT molecular complexity index is 295. The second kappa shape index (κ2) is 5.30. The predicted molar refractivity (Wildman–Crippen MR) is 77.8 cm³/mol. The normalized spacial score (nSPS) is 36.1. The molecule has 0 spiro atoms. The quantitative estimate of drug-likeness (QED) is 0.405. The van der Waals surface area contributed by atoms with E-state index >= 15 is 0 Å².